The molecule has 1 amide bonds. The number of likely N-dealkylation sites (N-methyl/N-ethyl adjacent to an activating group) is 2. The SMILES string of the molecule is CC1CC(C(=O)N(C)CC2CCCN2C)(C(N)=S)C1. The average molecular weight is 283 g/mol. The molecular formula is C14H25N3OS. The maximum Gasteiger partial charge on any atom is 0.235 e. The Morgan fingerprint density at radius 3 is 2.58 bits per heavy atom. The van der Waals surface area contributed by atoms with Crippen molar-refractivity contribution in [1.29, 1.82) is 0 Å². The summed E-state index contributed by atoms with van der Waals surface area (Å²) in [6.45, 7) is 4.06. The first-order valence-corrected chi connectivity index (χ1v) is 7.53. The topological polar surface area (TPSA) is 49.6 Å². The molecule has 0 aromatic carbocycles. The minimum absolute atomic E-state index is 0.124. The summed E-state index contributed by atoms with van der Waals surface area (Å²) in [5.74, 6) is 0.673. The van der Waals surface area contributed by atoms with E-state index >= 15 is 0 Å². The van der Waals surface area contributed by atoms with Crippen molar-refractivity contribution in [3.8, 4) is 0 Å². The predicted molar refractivity (Wildman–Crippen MR) is 80.9 cm³/mol. The van der Waals surface area contributed by atoms with Crippen LogP contribution in [0.2, 0.25) is 0 Å². The summed E-state index contributed by atoms with van der Waals surface area (Å²) in [6, 6.07) is 0.481. The summed E-state index contributed by atoms with van der Waals surface area (Å²) < 4.78 is 0. The minimum Gasteiger partial charge on any atom is -0.392 e. The molecule has 2 N–H and O–H groups in total. The largest absolute Gasteiger partial charge is 0.392 e. The molecular weight excluding hydrogens is 258 g/mol. The Hall–Kier alpha value is -0.680. The molecule has 1 aliphatic carbocycles. The van der Waals surface area contributed by atoms with Crippen molar-refractivity contribution in [2.75, 3.05) is 27.2 Å². The van der Waals surface area contributed by atoms with Crippen LogP contribution in [0.3, 0.4) is 0 Å². The Morgan fingerprint density at radius 2 is 2.16 bits per heavy atom. The van der Waals surface area contributed by atoms with Gasteiger partial charge in [-0.05, 0) is 45.2 Å². The summed E-state index contributed by atoms with van der Waals surface area (Å²) in [4.78, 5) is 17.2. The van der Waals surface area contributed by atoms with Gasteiger partial charge >= 0.3 is 0 Å². The molecule has 0 radical (unpaired) electrons. The third kappa shape index (κ3) is 2.63. The highest BCUT2D eigenvalue weighted by molar-refractivity contribution is 7.80. The van der Waals surface area contributed by atoms with Gasteiger partial charge in [-0.15, -0.1) is 0 Å². The summed E-state index contributed by atoms with van der Waals surface area (Å²) >= 11 is 5.16. The van der Waals surface area contributed by atoms with Gasteiger partial charge in [0.25, 0.3) is 0 Å². The molecule has 4 nitrogen and oxygen atoms in total. The van der Waals surface area contributed by atoms with E-state index in [1.807, 2.05) is 11.9 Å². The van der Waals surface area contributed by atoms with E-state index < -0.39 is 5.41 Å². The number of hydrogen-bond donors (Lipinski definition) is 1. The Morgan fingerprint density at radius 1 is 1.53 bits per heavy atom. The number of thiocarbonyl (C=S) groups is 1. The first-order valence-electron chi connectivity index (χ1n) is 7.12. The van der Waals surface area contributed by atoms with Crippen LogP contribution in [-0.2, 0) is 4.79 Å². The lowest BCUT2D eigenvalue weighted by atomic mass is 9.61. The molecule has 1 aliphatic heterocycles. The fourth-order valence-electron chi connectivity index (χ4n) is 3.59. The van der Waals surface area contributed by atoms with Crippen molar-refractivity contribution in [3.63, 3.8) is 0 Å². The number of rotatable bonds is 4. The second-order valence-corrected chi connectivity index (χ2v) is 6.86. The van der Waals surface area contributed by atoms with Crippen LogP contribution in [0.25, 0.3) is 0 Å². The van der Waals surface area contributed by atoms with Crippen molar-refractivity contribution in [1.82, 2.24) is 9.80 Å². The molecule has 1 saturated carbocycles. The molecule has 108 valence electrons. The number of amides is 1. The second kappa shape index (κ2) is 5.37. The smallest absolute Gasteiger partial charge is 0.235 e. The van der Waals surface area contributed by atoms with Gasteiger partial charge < -0.3 is 15.5 Å². The molecule has 1 atom stereocenters. The van der Waals surface area contributed by atoms with E-state index in [4.69, 9.17) is 18.0 Å². The van der Waals surface area contributed by atoms with Gasteiger partial charge in [0.05, 0.1) is 10.4 Å². The molecule has 0 bridgehead atoms. The van der Waals surface area contributed by atoms with Gasteiger partial charge in [0, 0.05) is 19.6 Å². The molecule has 5 heteroatoms. The van der Waals surface area contributed by atoms with E-state index in [2.05, 4.69) is 18.9 Å². The van der Waals surface area contributed by atoms with Crippen LogP contribution >= 0.6 is 12.2 Å². The zero-order valence-corrected chi connectivity index (χ0v) is 13.0. The maximum absolute atomic E-state index is 12.7. The molecule has 1 saturated heterocycles. The number of nitrogens with zero attached hydrogens (tertiary/aromatic N) is 2. The zero-order chi connectivity index (χ0) is 14.2. The quantitative estimate of drug-likeness (QED) is 0.789. The second-order valence-electron chi connectivity index (χ2n) is 6.42. The Bertz CT molecular complexity index is 379. The van der Waals surface area contributed by atoms with Crippen LogP contribution in [-0.4, -0.2) is 53.9 Å². The lowest BCUT2D eigenvalue weighted by molar-refractivity contribution is -0.143. The summed E-state index contributed by atoms with van der Waals surface area (Å²) in [7, 11) is 4.02. The normalized spacial score (nSPS) is 34.9. The molecule has 2 rings (SSSR count). The van der Waals surface area contributed by atoms with Gasteiger partial charge in [-0.1, -0.05) is 19.1 Å². The average Bonchev–Trinajstić information content (AvgIpc) is 2.69. The number of likely N-dealkylation sites (tertiary alicyclic amines) is 1. The number of hydrogen-bond acceptors (Lipinski definition) is 3. The van der Waals surface area contributed by atoms with E-state index in [1.54, 1.807) is 0 Å². The Labute approximate surface area is 121 Å². The maximum atomic E-state index is 12.7. The van der Waals surface area contributed by atoms with Gasteiger partial charge in [0.1, 0.15) is 0 Å². The van der Waals surface area contributed by atoms with Gasteiger partial charge in [-0.25, -0.2) is 0 Å². The van der Waals surface area contributed by atoms with Crippen molar-refractivity contribution in [3.05, 3.63) is 0 Å². The van der Waals surface area contributed by atoms with E-state index in [0.717, 1.165) is 25.9 Å². The van der Waals surface area contributed by atoms with Crippen molar-refractivity contribution >= 4 is 23.1 Å². The molecule has 19 heavy (non-hydrogen) atoms. The zero-order valence-electron chi connectivity index (χ0n) is 12.2. The Balaban J connectivity index is 2.00. The van der Waals surface area contributed by atoms with Crippen LogP contribution in [0.1, 0.15) is 32.6 Å². The number of carbonyl (C=O) groups is 1. The third-order valence-electron chi connectivity index (χ3n) is 4.78. The lowest BCUT2D eigenvalue weighted by Crippen LogP contribution is -2.57. The molecule has 1 heterocycles. The molecule has 2 fully saturated rings. The highest BCUT2D eigenvalue weighted by Crippen LogP contribution is 2.47. The molecule has 0 spiro atoms. The predicted octanol–water partition coefficient (Wildman–Crippen LogP) is 1.24. The molecule has 0 aromatic rings. The lowest BCUT2D eigenvalue weighted by Gasteiger charge is -2.46. The van der Waals surface area contributed by atoms with Crippen molar-refractivity contribution in [2.45, 2.75) is 38.6 Å². The number of carbonyl (C=O) groups excluding carboxylic acids is 1. The van der Waals surface area contributed by atoms with Crippen LogP contribution in [0.4, 0.5) is 0 Å². The fraction of sp³-hybridized carbons (Fsp3) is 0.857. The first kappa shape index (κ1) is 14.7. The van der Waals surface area contributed by atoms with Crippen molar-refractivity contribution < 1.29 is 4.79 Å². The highest BCUT2D eigenvalue weighted by atomic mass is 32.1. The van der Waals surface area contributed by atoms with Crippen LogP contribution in [0.15, 0.2) is 0 Å². The highest BCUT2D eigenvalue weighted by Gasteiger charge is 2.52. The fourth-order valence-corrected chi connectivity index (χ4v) is 3.84. The van der Waals surface area contributed by atoms with Crippen molar-refractivity contribution in [2.24, 2.45) is 17.1 Å². The van der Waals surface area contributed by atoms with Gasteiger partial charge in [0.2, 0.25) is 5.91 Å². The standard InChI is InChI=1S/C14H25N3OS/c1-10-7-14(8-10,12(15)19)13(18)17(3)9-11-5-4-6-16(11)2/h10-11H,4-9H2,1-3H3,(H2,15,19). The first-order chi connectivity index (χ1) is 8.86. The van der Waals surface area contributed by atoms with E-state index in [-0.39, 0.29) is 5.91 Å². The minimum atomic E-state index is -0.555. The van der Waals surface area contributed by atoms with Gasteiger partial charge in [0.15, 0.2) is 0 Å². The van der Waals surface area contributed by atoms with E-state index in [9.17, 15) is 4.79 Å². The van der Waals surface area contributed by atoms with Gasteiger partial charge in [-0.3, -0.25) is 4.79 Å². The summed E-state index contributed by atoms with van der Waals surface area (Å²) in [5, 5.41) is 0. The van der Waals surface area contributed by atoms with Crippen LogP contribution in [0, 0.1) is 11.3 Å². The van der Waals surface area contributed by atoms with E-state index in [0.29, 0.717) is 16.9 Å². The van der Waals surface area contributed by atoms with Crippen LogP contribution < -0.4 is 5.73 Å². The van der Waals surface area contributed by atoms with Gasteiger partial charge in [-0.2, -0.15) is 0 Å². The third-order valence-corrected chi connectivity index (χ3v) is 5.17. The molecule has 1 unspecified atom stereocenters. The molecule has 2 aliphatic rings. The monoisotopic (exact) mass is 283 g/mol. The van der Waals surface area contributed by atoms with Crippen LogP contribution in [0.5, 0.6) is 0 Å². The Kier molecular flexibility index (Phi) is 4.16. The summed E-state index contributed by atoms with van der Waals surface area (Å²) in [6.07, 6.45) is 4.02. The number of nitrogens with two attached hydrogens (primary N) is 1. The molecule has 0 aromatic heterocycles. The van der Waals surface area contributed by atoms with E-state index in [1.165, 1.54) is 12.8 Å². The summed E-state index contributed by atoms with van der Waals surface area (Å²) in [5.41, 5.74) is 5.29.